The predicted molar refractivity (Wildman–Crippen MR) is 90.9 cm³/mol. The minimum absolute atomic E-state index is 0.321. The first-order chi connectivity index (χ1) is 11.6. The van der Waals surface area contributed by atoms with Crippen LogP contribution in [0.25, 0.3) is 5.52 Å². The Labute approximate surface area is 143 Å². The van der Waals surface area contributed by atoms with Crippen LogP contribution in [0.3, 0.4) is 0 Å². The van der Waals surface area contributed by atoms with Crippen molar-refractivity contribution in [2.75, 3.05) is 11.9 Å². The molecule has 0 amide bonds. The predicted octanol–water partition coefficient (Wildman–Crippen LogP) is 3.26. The SMILES string of the molecule is CCOC(=O)c1cn2ncnc(Nc3ccc(Cl)nc3)c2c1CC. The summed E-state index contributed by atoms with van der Waals surface area (Å²) in [7, 11) is 0. The number of carbonyl (C=O) groups is 1. The fraction of sp³-hybridized carbons (Fsp3) is 0.250. The largest absolute Gasteiger partial charge is 0.462 e. The lowest BCUT2D eigenvalue weighted by molar-refractivity contribution is 0.0525. The van der Waals surface area contributed by atoms with Gasteiger partial charge in [0.15, 0.2) is 5.82 Å². The lowest BCUT2D eigenvalue weighted by Crippen LogP contribution is -2.06. The molecule has 3 rings (SSSR count). The van der Waals surface area contributed by atoms with Gasteiger partial charge in [-0.1, -0.05) is 18.5 Å². The van der Waals surface area contributed by atoms with E-state index < -0.39 is 0 Å². The van der Waals surface area contributed by atoms with Gasteiger partial charge in [-0.05, 0) is 31.0 Å². The first kappa shape index (κ1) is 16.2. The number of hydrogen-bond donors (Lipinski definition) is 1. The number of fused-ring (bicyclic) bond motifs is 1. The first-order valence-corrected chi connectivity index (χ1v) is 7.92. The van der Waals surface area contributed by atoms with Crippen LogP contribution in [0, 0.1) is 0 Å². The number of nitrogens with one attached hydrogen (secondary N) is 1. The fourth-order valence-corrected chi connectivity index (χ4v) is 2.61. The number of halogens is 1. The molecule has 0 spiro atoms. The van der Waals surface area contributed by atoms with Gasteiger partial charge < -0.3 is 10.1 Å². The lowest BCUT2D eigenvalue weighted by atomic mass is 10.1. The fourth-order valence-electron chi connectivity index (χ4n) is 2.49. The molecule has 3 aromatic heterocycles. The zero-order chi connectivity index (χ0) is 17.1. The van der Waals surface area contributed by atoms with Crippen LogP contribution in [-0.2, 0) is 11.2 Å². The van der Waals surface area contributed by atoms with Crippen LogP contribution in [0.2, 0.25) is 5.15 Å². The van der Waals surface area contributed by atoms with E-state index in [-0.39, 0.29) is 5.97 Å². The van der Waals surface area contributed by atoms with E-state index in [4.69, 9.17) is 16.3 Å². The van der Waals surface area contributed by atoms with Crippen molar-refractivity contribution in [3.8, 4) is 0 Å². The van der Waals surface area contributed by atoms with Crippen molar-refractivity contribution in [3.05, 3.63) is 47.1 Å². The number of aryl methyl sites for hydroxylation is 1. The number of aromatic nitrogens is 4. The van der Waals surface area contributed by atoms with Gasteiger partial charge in [-0.2, -0.15) is 5.10 Å². The van der Waals surface area contributed by atoms with Crippen LogP contribution in [0.1, 0.15) is 29.8 Å². The van der Waals surface area contributed by atoms with Gasteiger partial charge >= 0.3 is 5.97 Å². The van der Waals surface area contributed by atoms with Crippen LogP contribution in [-0.4, -0.2) is 32.2 Å². The molecule has 124 valence electrons. The second kappa shape index (κ2) is 6.84. The molecular formula is C16H16ClN5O2. The number of rotatable bonds is 5. The van der Waals surface area contributed by atoms with E-state index in [0.717, 1.165) is 16.8 Å². The Morgan fingerprint density at radius 3 is 2.83 bits per heavy atom. The van der Waals surface area contributed by atoms with Gasteiger partial charge in [0, 0.05) is 6.20 Å². The summed E-state index contributed by atoms with van der Waals surface area (Å²) in [6.45, 7) is 4.07. The third-order valence-corrected chi connectivity index (χ3v) is 3.74. The van der Waals surface area contributed by atoms with Crippen LogP contribution < -0.4 is 5.32 Å². The maximum absolute atomic E-state index is 12.2. The molecule has 0 fully saturated rings. The van der Waals surface area contributed by atoms with Gasteiger partial charge in [0.2, 0.25) is 0 Å². The molecule has 1 N–H and O–H groups in total. The Morgan fingerprint density at radius 2 is 2.17 bits per heavy atom. The molecule has 3 heterocycles. The van der Waals surface area contributed by atoms with Crippen molar-refractivity contribution in [2.24, 2.45) is 0 Å². The quantitative estimate of drug-likeness (QED) is 0.564. The van der Waals surface area contributed by atoms with Gasteiger partial charge in [0.1, 0.15) is 17.0 Å². The van der Waals surface area contributed by atoms with E-state index in [1.54, 1.807) is 36.0 Å². The highest BCUT2D eigenvalue weighted by Gasteiger charge is 2.20. The van der Waals surface area contributed by atoms with Gasteiger partial charge in [-0.15, -0.1) is 0 Å². The zero-order valence-corrected chi connectivity index (χ0v) is 14.0. The summed E-state index contributed by atoms with van der Waals surface area (Å²) < 4.78 is 6.75. The second-order valence-electron chi connectivity index (χ2n) is 4.99. The van der Waals surface area contributed by atoms with Crippen LogP contribution in [0.4, 0.5) is 11.5 Å². The molecule has 0 aliphatic heterocycles. The van der Waals surface area contributed by atoms with Crippen molar-refractivity contribution in [3.63, 3.8) is 0 Å². The molecule has 0 saturated carbocycles. The minimum Gasteiger partial charge on any atom is -0.462 e. The van der Waals surface area contributed by atoms with Crippen molar-refractivity contribution in [2.45, 2.75) is 20.3 Å². The highest BCUT2D eigenvalue weighted by atomic mass is 35.5. The van der Waals surface area contributed by atoms with Crippen molar-refractivity contribution >= 4 is 34.6 Å². The van der Waals surface area contributed by atoms with E-state index in [0.29, 0.717) is 29.6 Å². The van der Waals surface area contributed by atoms with E-state index in [2.05, 4.69) is 20.4 Å². The van der Waals surface area contributed by atoms with Gasteiger partial charge in [-0.3, -0.25) is 0 Å². The van der Waals surface area contributed by atoms with Crippen LogP contribution >= 0.6 is 11.6 Å². The number of ether oxygens (including phenoxy) is 1. The Hall–Kier alpha value is -2.67. The molecule has 24 heavy (non-hydrogen) atoms. The molecule has 7 nitrogen and oxygen atoms in total. The highest BCUT2D eigenvalue weighted by molar-refractivity contribution is 6.29. The molecule has 0 atom stereocenters. The van der Waals surface area contributed by atoms with Gasteiger partial charge in [0.25, 0.3) is 0 Å². The van der Waals surface area contributed by atoms with Crippen molar-refractivity contribution in [1.82, 2.24) is 19.6 Å². The minimum atomic E-state index is -0.362. The second-order valence-corrected chi connectivity index (χ2v) is 5.38. The summed E-state index contributed by atoms with van der Waals surface area (Å²) in [5, 5.41) is 7.79. The van der Waals surface area contributed by atoms with Gasteiger partial charge in [-0.25, -0.2) is 19.3 Å². The number of hydrogen-bond acceptors (Lipinski definition) is 6. The number of nitrogens with zero attached hydrogens (tertiary/aromatic N) is 4. The topological polar surface area (TPSA) is 81.4 Å². The Kier molecular flexibility index (Phi) is 4.61. The monoisotopic (exact) mass is 345 g/mol. The zero-order valence-electron chi connectivity index (χ0n) is 13.3. The van der Waals surface area contributed by atoms with E-state index in [9.17, 15) is 4.79 Å². The summed E-state index contributed by atoms with van der Waals surface area (Å²) in [5.41, 5.74) is 2.80. The maximum Gasteiger partial charge on any atom is 0.340 e. The molecule has 8 heteroatoms. The van der Waals surface area contributed by atoms with E-state index in [1.807, 2.05) is 6.92 Å². The average molecular weight is 346 g/mol. The smallest absolute Gasteiger partial charge is 0.340 e. The third-order valence-electron chi connectivity index (χ3n) is 3.52. The van der Waals surface area contributed by atoms with Crippen LogP contribution in [0.5, 0.6) is 0 Å². The molecule has 0 bridgehead atoms. The Morgan fingerprint density at radius 1 is 1.33 bits per heavy atom. The van der Waals surface area contributed by atoms with Crippen molar-refractivity contribution < 1.29 is 9.53 Å². The molecule has 0 aliphatic rings. The number of anilines is 2. The van der Waals surface area contributed by atoms with Gasteiger partial charge in [0.05, 0.1) is 24.1 Å². The highest BCUT2D eigenvalue weighted by Crippen LogP contribution is 2.27. The molecule has 0 aromatic carbocycles. The Bertz CT molecular complexity index is 876. The maximum atomic E-state index is 12.2. The number of carbonyl (C=O) groups excluding carboxylic acids is 1. The van der Waals surface area contributed by atoms with E-state index >= 15 is 0 Å². The first-order valence-electron chi connectivity index (χ1n) is 7.55. The Balaban J connectivity index is 2.08. The number of pyridine rings is 1. The molecule has 0 radical (unpaired) electrons. The summed E-state index contributed by atoms with van der Waals surface area (Å²) in [4.78, 5) is 20.5. The van der Waals surface area contributed by atoms with Crippen LogP contribution in [0.15, 0.2) is 30.9 Å². The normalized spacial score (nSPS) is 10.8. The summed E-state index contributed by atoms with van der Waals surface area (Å²) >= 11 is 5.81. The molecular weight excluding hydrogens is 330 g/mol. The standard InChI is InChI=1S/C16H16ClN5O2/c1-3-11-12(16(23)24-4-2)8-22-14(11)15(19-9-20-22)21-10-5-6-13(17)18-7-10/h5-9H,3-4H2,1-2H3,(H,19,20,21). The summed E-state index contributed by atoms with van der Waals surface area (Å²) in [5.74, 6) is 0.223. The van der Waals surface area contributed by atoms with Crippen molar-refractivity contribution in [1.29, 1.82) is 0 Å². The third kappa shape index (κ3) is 3.03. The molecule has 0 saturated heterocycles. The average Bonchev–Trinajstić information content (AvgIpc) is 2.97. The lowest BCUT2D eigenvalue weighted by Gasteiger charge is -2.08. The summed E-state index contributed by atoms with van der Waals surface area (Å²) in [6.07, 6.45) is 5.35. The van der Waals surface area contributed by atoms with E-state index in [1.165, 1.54) is 6.33 Å². The molecule has 3 aromatic rings. The summed E-state index contributed by atoms with van der Waals surface area (Å²) in [6, 6.07) is 3.49. The molecule has 0 unspecified atom stereocenters. The molecule has 0 aliphatic carbocycles. The number of esters is 1.